The van der Waals surface area contributed by atoms with Gasteiger partial charge in [0.15, 0.2) is 11.5 Å². The molecule has 4 aromatic rings. The summed E-state index contributed by atoms with van der Waals surface area (Å²) in [7, 11) is 1.72. The molecule has 0 saturated heterocycles. The second-order valence-corrected chi connectivity index (χ2v) is 11.6. The van der Waals surface area contributed by atoms with Gasteiger partial charge < -0.3 is 14.2 Å². The van der Waals surface area contributed by atoms with Crippen LogP contribution in [0.3, 0.4) is 0 Å². The highest BCUT2D eigenvalue weighted by atomic mass is 79.9. The molecule has 39 heavy (non-hydrogen) atoms. The van der Waals surface area contributed by atoms with Crippen molar-refractivity contribution in [1.82, 2.24) is 4.98 Å². The minimum Gasteiger partial charge on any atom is -0.493 e. The van der Waals surface area contributed by atoms with Crippen molar-refractivity contribution in [2.24, 2.45) is 5.92 Å². The number of nitrogens with zero attached hydrogens (tertiary/aromatic N) is 1. The van der Waals surface area contributed by atoms with Gasteiger partial charge in [0.2, 0.25) is 0 Å². The van der Waals surface area contributed by atoms with Gasteiger partial charge in [0.1, 0.15) is 12.4 Å². The maximum atomic E-state index is 6.47. The van der Waals surface area contributed by atoms with E-state index in [9.17, 15) is 0 Å². The Bertz CT molecular complexity index is 1400. The molecule has 2 aliphatic carbocycles. The van der Waals surface area contributed by atoms with Gasteiger partial charge in [-0.25, -0.2) is 0 Å². The van der Waals surface area contributed by atoms with Gasteiger partial charge in [-0.3, -0.25) is 4.98 Å². The molecule has 0 spiro atoms. The largest absolute Gasteiger partial charge is 0.493 e. The lowest BCUT2D eigenvalue weighted by molar-refractivity contribution is 0.200. The maximum Gasteiger partial charge on any atom is 0.161 e. The van der Waals surface area contributed by atoms with Crippen LogP contribution >= 0.6 is 15.9 Å². The Morgan fingerprint density at radius 1 is 0.872 bits per heavy atom. The molecule has 2 atom stereocenters. The summed E-state index contributed by atoms with van der Waals surface area (Å²) in [5, 5.41) is 0. The van der Waals surface area contributed by atoms with Crippen molar-refractivity contribution in [2.75, 3.05) is 7.11 Å². The molecule has 0 N–H and O–H groups in total. The van der Waals surface area contributed by atoms with Gasteiger partial charge >= 0.3 is 0 Å². The van der Waals surface area contributed by atoms with Crippen LogP contribution in [0.5, 0.6) is 17.2 Å². The van der Waals surface area contributed by atoms with Gasteiger partial charge in [-0.15, -0.1) is 0 Å². The van der Waals surface area contributed by atoms with E-state index in [0.29, 0.717) is 12.5 Å². The SMILES string of the molecule is COc1ccc(C(c2ccccn2)C2Cc3ccc(OCc4ccc(Br)cc4)cc3C2)cc1OC1CCCC1. The number of pyridine rings is 1. The first-order valence-electron chi connectivity index (χ1n) is 13.9. The Hall–Kier alpha value is -3.31. The molecule has 1 aromatic heterocycles. The van der Waals surface area contributed by atoms with Crippen LogP contribution in [-0.4, -0.2) is 18.2 Å². The Morgan fingerprint density at radius 2 is 1.69 bits per heavy atom. The number of rotatable bonds is 9. The summed E-state index contributed by atoms with van der Waals surface area (Å²) in [5.41, 5.74) is 6.24. The molecular formula is C34H34BrNO3. The number of benzene rings is 3. The topological polar surface area (TPSA) is 40.6 Å². The third-order valence-electron chi connectivity index (χ3n) is 8.08. The first-order valence-corrected chi connectivity index (χ1v) is 14.7. The quantitative estimate of drug-likeness (QED) is 0.199. The fraction of sp³-hybridized carbons (Fsp3) is 0.324. The van der Waals surface area contributed by atoms with E-state index in [1.165, 1.54) is 29.5 Å². The zero-order valence-corrected chi connectivity index (χ0v) is 23.9. The van der Waals surface area contributed by atoms with Gasteiger partial charge in [0.25, 0.3) is 0 Å². The molecule has 2 aliphatic rings. The highest BCUT2D eigenvalue weighted by Crippen LogP contribution is 2.43. The third kappa shape index (κ3) is 5.99. The summed E-state index contributed by atoms with van der Waals surface area (Å²) in [6.45, 7) is 0.557. The molecule has 0 radical (unpaired) electrons. The van der Waals surface area contributed by atoms with Crippen molar-refractivity contribution in [3.63, 3.8) is 0 Å². The number of aromatic nitrogens is 1. The van der Waals surface area contributed by atoms with Crippen molar-refractivity contribution in [2.45, 2.75) is 57.2 Å². The van der Waals surface area contributed by atoms with Gasteiger partial charge in [0.05, 0.1) is 13.2 Å². The number of halogens is 1. The zero-order chi connectivity index (χ0) is 26.6. The number of hydrogen-bond acceptors (Lipinski definition) is 4. The van der Waals surface area contributed by atoms with E-state index in [-0.39, 0.29) is 12.0 Å². The molecule has 0 aliphatic heterocycles. The summed E-state index contributed by atoms with van der Waals surface area (Å²) >= 11 is 3.50. The summed E-state index contributed by atoms with van der Waals surface area (Å²) in [5.74, 6) is 3.12. The molecule has 1 saturated carbocycles. The van der Waals surface area contributed by atoms with E-state index in [2.05, 4.69) is 76.6 Å². The predicted octanol–water partition coefficient (Wildman–Crippen LogP) is 8.30. The third-order valence-corrected chi connectivity index (χ3v) is 8.61. The first-order chi connectivity index (χ1) is 19.2. The van der Waals surface area contributed by atoms with Gasteiger partial charge in [-0.1, -0.05) is 46.3 Å². The van der Waals surface area contributed by atoms with E-state index < -0.39 is 0 Å². The Morgan fingerprint density at radius 3 is 2.46 bits per heavy atom. The summed E-state index contributed by atoms with van der Waals surface area (Å²) in [6, 6.07) is 27.5. The number of hydrogen-bond donors (Lipinski definition) is 0. The van der Waals surface area contributed by atoms with Crippen molar-refractivity contribution in [1.29, 1.82) is 0 Å². The van der Waals surface area contributed by atoms with Crippen molar-refractivity contribution in [3.05, 3.63) is 117 Å². The van der Waals surface area contributed by atoms with Crippen LogP contribution in [0.2, 0.25) is 0 Å². The second-order valence-electron chi connectivity index (χ2n) is 10.7. The molecule has 1 fully saturated rings. The van der Waals surface area contributed by atoms with Crippen molar-refractivity contribution in [3.8, 4) is 17.2 Å². The lowest BCUT2D eigenvalue weighted by atomic mass is 9.81. The average molecular weight is 585 g/mol. The summed E-state index contributed by atoms with van der Waals surface area (Å²) in [6.07, 6.45) is 8.86. The Kier molecular flexibility index (Phi) is 7.87. The Labute approximate surface area is 239 Å². The van der Waals surface area contributed by atoms with Crippen LogP contribution < -0.4 is 14.2 Å². The van der Waals surface area contributed by atoms with Gasteiger partial charge in [-0.2, -0.15) is 0 Å². The van der Waals surface area contributed by atoms with Gasteiger partial charge in [0, 0.05) is 22.3 Å². The van der Waals surface area contributed by atoms with E-state index >= 15 is 0 Å². The highest BCUT2D eigenvalue weighted by molar-refractivity contribution is 9.10. The zero-order valence-electron chi connectivity index (χ0n) is 22.3. The van der Waals surface area contributed by atoms with Gasteiger partial charge in [-0.05, 0) is 115 Å². The number of methoxy groups -OCH3 is 1. The lowest BCUT2D eigenvalue weighted by Crippen LogP contribution is -2.17. The molecular weight excluding hydrogens is 550 g/mol. The van der Waals surface area contributed by atoms with E-state index in [1.54, 1.807) is 7.11 Å². The molecule has 2 unspecified atom stereocenters. The molecule has 5 heteroatoms. The number of fused-ring (bicyclic) bond motifs is 1. The monoisotopic (exact) mass is 583 g/mol. The summed E-state index contributed by atoms with van der Waals surface area (Å²) < 4.78 is 19.4. The van der Waals surface area contributed by atoms with Crippen LogP contribution in [0.4, 0.5) is 0 Å². The van der Waals surface area contributed by atoms with Crippen LogP contribution in [0, 0.1) is 5.92 Å². The van der Waals surface area contributed by atoms with E-state index in [4.69, 9.17) is 19.2 Å². The standard InChI is InChI=1S/C34H34BrNO3/c1-37-32-16-12-25(21-33(32)39-29-6-2-3-7-29)34(31-8-4-5-17-36-31)27-18-24-11-15-30(20-26(24)19-27)38-22-23-9-13-28(35)14-10-23/h4-5,8-17,20-21,27,29,34H,2-3,6-7,18-19,22H2,1H3. The van der Waals surface area contributed by atoms with Crippen LogP contribution in [0.25, 0.3) is 0 Å². The molecule has 4 nitrogen and oxygen atoms in total. The van der Waals surface area contributed by atoms with Crippen LogP contribution in [0.1, 0.15) is 59.5 Å². The average Bonchev–Trinajstić information content (AvgIpc) is 3.63. The maximum absolute atomic E-state index is 6.47. The normalized spacial score (nSPS) is 17.5. The Balaban J connectivity index is 1.25. The minimum absolute atomic E-state index is 0.155. The second kappa shape index (κ2) is 11.8. The fourth-order valence-corrected chi connectivity index (χ4v) is 6.37. The molecule has 1 heterocycles. The lowest BCUT2D eigenvalue weighted by Gasteiger charge is -2.25. The van der Waals surface area contributed by atoms with E-state index in [0.717, 1.165) is 58.7 Å². The van der Waals surface area contributed by atoms with Crippen molar-refractivity contribution >= 4 is 15.9 Å². The first kappa shape index (κ1) is 25.9. The molecule has 6 rings (SSSR count). The summed E-state index contributed by atoms with van der Waals surface area (Å²) in [4.78, 5) is 4.83. The molecule has 200 valence electrons. The van der Waals surface area contributed by atoms with Crippen LogP contribution in [-0.2, 0) is 19.4 Å². The highest BCUT2D eigenvalue weighted by Gasteiger charge is 2.33. The molecule has 0 bridgehead atoms. The number of ether oxygens (including phenoxy) is 3. The van der Waals surface area contributed by atoms with E-state index in [1.807, 2.05) is 24.4 Å². The fourth-order valence-electron chi connectivity index (χ4n) is 6.11. The van der Waals surface area contributed by atoms with Crippen molar-refractivity contribution < 1.29 is 14.2 Å². The smallest absolute Gasteiger partial charge is 0.161 e. The predicted molar refractivity (Wildman–Crippen MR) is 158 cm³/mol. The van der Waals surface area contributed by atoms with Crippen LogP contribution in [0.15, 0.2) is 89.5 Å². The molecule has 0 amide bonds. The molecule has 3 aromatic carbocycles. The minimum atomic E-state index is 0.155.